The van der Waals surface area contributed by atoms with Crippen molar-refractivity contribution in [3.63, 3.8) is 0 Å². The summed E-state index contributed by atoms with van der Waals surface area (Å²) < 4.78 is 0. The van der Waals surface area contributed by atoms with E-state index in [9.17, 15) is 0 Å². The standard InChI is InChI=1S/C12H17N/c1-12(2)10-6-5-9(4-3-7-13)11(12)8-10/h5,10-11H,3-4,6,8H2,1-2H3. The van der Waals surface area contributed by atoms with Crippen LogP contribution in [0.3, 0.4) is 0 Å². The predicted octanol–water partition coefficient (Wildman–Crippen LogP) is 3.28. The average molecular weight is 175 g/mol. The van der Waals surface area contributed by atoms with E-state index < -0.39 is 0 Å². The van der Waals surface area contributed by atoms with Gasteiger partial charge in [-0.05, 0) is 36.5 Å². The molecule has 13 heavy (non-hydrogen) atoms. The molecule has 0 aliphatic heterocycles. The molecule has 0 aromatic heterocycles. The minimum Gasteiger partial charge on any atom is -0.198 e. The molecule has 70 valence electrons. The summed E-state index contributed by atoms with van der Waals surface area (Å²) in [5.74, 6) is 1.71. The number of hydrogen-bond acceptors (Lipinski definition) is 1. The number of rotatable bonds is 2. The van der Waals surface area contributed by atoms with Gasteiger partial charge in [0.1, 0.15) is 0 Å². The number of fused-ring (bicyclic) bond motifs is 1. The molecule has 3 aliphatic carbocycles. The van der Waals surface area contributed by atoms with Crippen molar-refractivity contribution < 1.29 is 0 Å². The van der Waals surface area contributed by atoms with Gasteiger partial charge in [0, 0.05) is 6.42 Å². The van der Waals surface area contributed by atoms with Gasteiger partial charge in [0.25, 0.3) is 0 Å². The zero-order valence-corrected chi connectivity index (χ0v) is 8.51. The van der Waals surface area contributed by atoms with Crippen LogP contribution in [0.25, 0.3) is 0 Å². The highest BCUT2D eigenvalue weighted by atomic mass is 14.5. The first-order valence-electron chi connectivity index (χ1n) is 5.22. The third-order valence-electron chi connectivity index (χ3n) is 4.11. The van der Waals surface area contributed by atoms with Gasteiger partial charge in [0.2, 0.25) is 0 Å². The van der Waals surface area contributed by atoms with Gasteiger partial charge in [-0.1, -0.05) is 25.5 Å². The minimum absolute atomic E-state index is 0.527. The van der Waals surface area contributed by atoms with E-state index in [1.165, 1.54) is 12.8 Å². The Labute approximate surface area is 80.4 Å². The summed E-state index contributed by atoms with van der Waals surface area (Å²) in [7, 11) is 0. The lowest BCUT2D eigenvalue weighted by molar-refractivity contribution is -0.00807. The Bertz CT molecular complexity index is 280. The fourth-order valence-corrected chi connectivity index (χ4v) is 2.96. The number of hydrogen-bond donors (Lipinski definition) is 0. The van der Waals surface area contributed by atoms with Crippen LogP contribution < -0.4 is 0 Å². The molecule has 1 heteroatoms. The molecule has 0 radical (unpaired) electrons. The lowest BCUT2D eigenvalue weighted by Gasteiger charge is -2.56. The Morgan fingerprint density at radius 3 is 2.92 bits per heavy atom. The Hall–Kier alpha value is -0.770. The fraction of sp³-hybridized carbons (Fsp3) is 0.750. The van der Waals surface area contributed by atoms with Gasteiger partial charge in [-0.2, -0.15) is 5.26 Å². The number of nitriles is 1. The van der Waals surface area contributed by atoms with Crippen LogP contribution >= 0.6 is 0 Å². The highest BCUT2D eigenvalue weighted by Crippen LogP contribution is 2.59. The van der Waals surface area contributed by atoms with Gasteiger partial charge in [0.05, 0.1) is 6.07 Å². The smallest absolute Gasteiger partial charge is 0.0625 e. The molecule has 1 fully saturated rings. The van der Waals surface area contributed by atoms with Gasteiger partial charge < -0.3 is 0 Å². The van der Waals surface area contributed by atoms with Crippen LogP contribution in [0, 0.1) is 28.6 Å². The summed E-state index contributed by atoms with van der Waals surface area (Å²) in [6.45, 7) is 4.76. The maximum Gasteiger partial charge on any atom is 0.0625 e. The Kier molecular flexibility index (Phi) is 1.95. The van der Waals surface area contributed by atoms with Crippen LogP contribution in [-0.2, 0) is 0 Å². The van der Waals surface area contributed by atoms with Crippen LogP contribution in [0.1, 0.15) is 39.5 Å². The summed E-state index contributed by atoms with van der Waals surface area (Å²) in [4.78, 5) is 0. The summed E-state index contributed by atoms with van der Waals surface area (Å²) in [5.41, 5.74) is 2.09. The lowest BCUT2D eigenvalue weighted by Crippen LogP contribution is -2.47. The van der Waals surface area contributed by atoms with E-state index >= 15 is 0 Å². The molecule has 0 spiro atoms. The molecule has 1 nitrogen and oxygen atoms in total. The third kappa shape index (κ3) is 1.20. The third-order valence-corrected chi connectivity index (χ3v) is 4.11. The Morgan fingerprint density at radius 2 is 2.38 bits per heavy atom. The summed E-state index contributed by atoms with van der Waals surface area (Å²) in [6, 6.07) is 2.24. The molecule has 0 amide bonds. The molecule has 1 saturated carbocycles. The SMILES string of the molecule is CC1(C)C2CC=C(CCC#N)C1C2. The average Bonchev–Trinajstić information content (AvgIpc) is 2.14. The van der Waals surface area contributed by atoms with Crippen LogP contribution in [0.2, 0.25) is 0 Å². The van der Waals surface area contributed by atoms with Crippen molar-refractivity contribution in [1.29, 1.82) is 5.26 Å². The van der Waals surface area contributed by atoms with Gasteiger partial charge >= 0.3 is 0 Å². The monoisotopic (exact) mass is 175 g/mol. The van der Waals surface area contributed by atoms with Crippen molar-refractivity contribution in [1.82, 2.24) is 0 Å². The van der Waals surface area contributed by atoms with E-state index in [1.54, 1.807) is 5.57 Å². The van der Waals surface area contributed by atoms with Crippen molar-refractivity contribution in [2.75, 3.05) is 0 Å². The normalized spacial score (nSPS) is 34.4. The molecule has 2 atom stereocenters. The molecule has 0 saturated heterocycles. The second kappa shape index (κ2) is 2.87. The van der Waals surface area contributed by atoms with E-state index in [4.69, 9.17) is 5.26 Å². The summed E-state index contributed by atoms with van der Waals surface area (Å²) in [5, 5.41) is 8.55. The predicted molar refractivity (Wildman–Crippen MR) is 52.9 cm³/mol. The second-order valence-electron chi connectivity index (χ2n) is 4.98. The van der Waals surface area contributed by atoms with E-state index in [0.29, 0.717) is 11.8 Å². The van der Waals surface area contributed by atoms with Crippen molar-refractivity contribution in [2.45, 2.75) is 39.5 Å². The molecule has 0 aromatic carbocycles. The van der Waals surface area contributed by atoms with E-state index in [2.05, 4.69) is 26.0 Å². The van der Waals surface area contributed by atoms with Crippen LogP contribution in [-0.4, -0.2) is 0 Å². The topological polar surface area (TPSA) is 23.8 Å². The minimum atomic E-state index is 0.527. The Balaban J connectivity index is 2.06. The van der Waals surface area contributed by atoms with Crippen molar-refractivity contribution in [2.24, 2.45) is 17.3 Å². The molecule has 0 heterocycles. The number of allylic oxidation sites excluding steroid dienone is 2. The van der Waals surface area contributed by atoms with Gasteiger partial charge in [-0.25, -0.2) is 0 Å². The van der Waals surface area contributed by atoms with Crippen LogP contribution in [0.15, 0.2) is 11.6 Å². The molecular weight excluding hydrogens is 158 g/mol. The zero-order chi connectivity index (χ0) is 9.47. The maximum absolute atomic E-state index is 8.55. The number of nitrogens with zero attached hydrogens (tertiary/aromatic N) is 1. The first kappa shape index (κ1) is 8.81. The lowest BCUT2D eigenvalue weighted by atomic mass is 9.48. The quantitative estimate of drug-likeness (QED) is 0.591. The zero-order valence-electron chi connectivity index (χ0n) is 8.51. The Morgan fingerprint density at radius 1 is 1.62 bits per heavy atom. The molecular formula is C12H17N. The molecule has 0 aromatic rings. The second-order valence-corrected chi connectivity index (χ2v) is 4.98. The first-order chi connectivity index (χ1) is 6.16. The van der Waals surface area contributed by atoms with Gasteiger partial charge in [-0.3, -0.25) is 0 Å². The first-order valence-corrected chi connectivity index (χ1v) is 5.22. The largest absolute Gasteiger partial charge is 0.198 e. The summed E-state index contributed by atoms with van der Waals surface area (Å²) >= 11 is 0. The van der Waals surface area contributed by atoms with Gasteiger partial charge in [0.15, 0.2) is 0 Å². The van der Waals surface area contributed by atoms with Crippen molar-refractivity contribution in [3.8, 4) is 6.07 Å². The fourth-order valence-electron chi connectivity index (χ4n) is 2.96. The van der Waals surface area contributed by atoms with Crippen LogP contribution in [0.5, 0.6) is 0 Å². The highest BCUT2D eigenvalue weighted by molar-refractivity contribution is 5.23. The molecule has 0 N–H and O–H groups in total. The summed E-state index contributed by atoms with van der Waals surface area (Å²) in [6.07, 6.45) is 6.73. The molecule has 2 unspecified atom stereocenters. The van der Waals surface area contributed by atoms with Crippen molar-refractivity contribution in [3.05, 3.63) is 11.6 Å². The van der Waals surface area contributed by atoms with E-state index in [-0.39, 0.29) is 0 Å². The van der Waals surface area contributed by atoms with E-state index in [1.807, 2.05) is 0 Å². The highest BCUT2D eigenvalue weighted by Gasteiger charge is 2.50. The van der Waals surface area contributed by atoms with E-state index in [0.717, 1.165) is 18.3 Å². The molecule has 2 bridgehead atoms. The maximum atomic E-state index is 8.55. The molecule has 3 aliphatic rings. The van der Waals surface area contributed by atoms with Gasteiger partial charge in [-0.15, -0.1) is 0 Å². The van der Waals surface area contributed by atoms with Crippen molar-refractivity contribution >= 4 is 0 Å². The molecule has 3 rings (SSSR count). The van der Waals surface area contributed by atoms with Crippen LogP contribution in [0.4, 0.5) is 0 Å².